The minimum absolute atomic E-state index is 0.968. The van der Waals surface area contributed by atoms with Gasteiger partial charge in [0.15, 0.2) is 0 Å². The summed E-state index contributed by atoms with van der Waals surface area (Å²) in [5, 5.41) is 0. The van der Waals surface area contributed by atoms with Crippen molar-refractivity contribution < 1.29 is 0 Å². The highest BCUT2D eigenvalue weighted by Gasteiger charge is 2.14. The molecule has 3 heteroatoms. The predicted octanol–water partition coefficient (Wildman–Crippen LogP) is 3.29. The first-order valence-corrected chi connectivity index (χ1v) is 8.69. The van der Waals surface area contributed by atoms with E-state index in [1.54, 1.807) is 0 Å². The van der Waals surface area contributed by atoms with Gasteiger partial charge in [-0.15, -0.1) is 0 Å². The zero-order chi connectivity index (χ0) is 14.5. The maximum absolute atomic E-state index is 6.29. The highest BCUT2D eigenvalue weighted by molar-refractivity contribution is 5.68. The molecule has 1 aromatic carbocycles. The Morgan fingerprint density at radius 3 is 2.33 bits per heavy atom. The zero-order valence-electron chi connectivity index (χ0n) is 13.2. The smallest absolute Gasteiger partial charge is 0.0600 e. The first-order chi connectivity index (χ1) is 10.3. The SMILES string of the molecule is Nc1cc(CCCN2CCCC2)ccc1N1CCCCC1. The van der Waals surface area contributed by atoms with E-state index < -0.39 is 0 Å². The monoisotopic (exact) mass is 287 g/mol. The van der Waals surface area contributed by atoms with Crippen molar-refractivity contribution in [3.8, 4) is 0 Å². The third kappa shape index (κ3) is 3.91. The molecule has 0 unspecified atom stereocenters. The van der Waals surface area contributed by atoms with Crippen LogP contribution in [0.5, 0.6) is 0 Å². The Bertz CT molecular complexity index is 446. The number of nitrogen functional groups attached to an aromatic ring is 1. The summed E-state index contributed by atoms with van der Waals surface area (Å²) >= 11 is 0. The van der Waals surface area contributed by atoms with Crippen LogP contribution in [0.2, 0.25) is 0 Å². The molecular formula is C18H29N3. The number of piperidine rings is 1. The maximum Gasteiger partial charge on any atom is 0.0600 e. The van der Waals surface area contributed by atoms with Gasteiger partial charge in [0, 0.05) is 13.1 Å². The van der Waals surface area contributed by atoms with Crippen LogP contribution in [0.4, 0.5) is 11.4 Å². The highest BCUT2D eigenvalue weighted by Crippen LogP contribution is 2.27. The fraction of sp³-hybridized carbons (Fsp3) is 0.667. The molecule has 2 aliphatic heterocycles. The lowest BCUT2D eigenvalue weighted by Gasteiger charge is -2.30. The van der Waals surface area contributed by atoms with Crippen molar-refractivity contribution in [3.05, 3.63) is 23.8 Å². The van der Waals surface area contributed by atoms with E-state index in [9.17, 15) is 0 Å². The summed E-state index contributed by atoms with van der Waals surface area (Å²) < 4.78 is 0. The van der Waals surface area contributed by atoms with Crippen molar-refractivity contribution in [2.24, 2.45) is 0 Å². The van der Waals surface area contributed by atoms with Crippen LogP contribution in [0, 0.1) is 0 Å². The molecule has 0 radical (unpaired) electrons. The fourth-order valence-corrected chi connectivity index (χ4v) is 3.70. The van der Waals surface area contributed by atoms with Gasteiger partial charge in [-0.25, -0.2) is 0 Å². The largest absolute Gasteiger partial charge is 0.397 e. The Balaban J connectivity index is 1.53. The fourth-order valence-electron chi connectivity index (χ4n) is 3.70. The average molecular weight is 287 g/mol. The number of rotatable bonds is 5. The molecule has 0 aromatic heterocycles. The van der Waals surface area contributed by atoms with Crippen LogP contribution in [0.3, 0.4) is 0 Å². The van der Waals surface area contributed by atoms with Crippen LogP contribution in [-0.4, -0.2) is 37.6 Å². The van der Waals surface area contributed by atoms with Gasteiger partial charge in [0.25, 0.3) is 0 Å². The van der Waals surface area contributed by atoms with E-state index in [-0.39, 0.29) is 0 Å². The Morgan fingerprint density at radius 1 is 0.905 bits per heavy atom. The molecule has 0 spiro atoms. The lowest BCUT2D eigenvalue weighted by atomic mass is 10.1. The normalized spacial score (nSPS) is 20.1. The second-order valence-electron chi connectivity index (χ2n) is 6.59. The van der Waals surface area contributed by atoms with E-state index in [2.05, 4.69) is 28.0 Å². The number of hydrogen-bond donors (Lipinski definition) is 1. The Labute approximate surface area is 129 Å². The van der Waals surface area contributed by atoms with Gasteiger partial charge in [-0.05, 0) is 82.3 Å². The number of nitrogens with two attached hydrogens (primary N) is 1. The van der Waals surface area contributed by atoms with Crippen molar-refractivity contribution >= 4 is 11.4 Å². The topological polar surface area (TPSA) is 32.5 Å². The van der Waals surface area contributed by atoms with Crippen molar-refractivity contribution in [1.29, 1.82) is 0 Å². The number of likely N-dealkylation sites (tertiary alicyclic amines) is 1. The Morgan fingerprint density at radius 2 is 1.62 bits per heavy atom. The van der Waals surface area contributed by atoms with Gasteiger partial charge in [-0.2, -0.15) is 0 Å². The van der Waals surface area contributed by atoms with Crippen LogP contribution >= 0.6 is 0 Å². The van der Waals surface area contributed by atoms with Gasteiger partial charge < -0.3 is 15.5 Å². The van der Waals surface area contributed by atoms with Gasteiger partial charge in [0.1, 0.15) is 0 Å². The first kappa shape index (κ1) is 14.7. The van der Waals surface area contributed by atoms with Crippen molar-refractivity contribution in [2.45, 2.75) is 44.9 Å². The lowest BCUT2D eigenvalue weighted by molar-refractivity contribution is 0.334. The van der Waals surface area contributed by atoms with E-state index in [1.807, 2.05) is 0 Å². The molecule has 3 rings (SSSR count). The quantitative estimate of drug-likeness (QED) is 0.844. The van der Waals surface area contributed by atoms with Crippen LogP contribution in [0.1, 0.15) is 44.1 Å². The zero-order valence-corrected chi connectivity index (χ0v) is 13.2. The molecule has 0 atom stereocenters. The molecule has 0 bridgehead atoms. The Kier molecular flexibility index (Phi) is 5.02. The predicted molar refractivity (Wildman–Crippen MR) is 90.9 cm³/mol. The number of hydrogen-bond acceptors (Lipinski definition) is 3. The summed E-state index contributed by atoms with van der Waals surface area (Å²) in [6.45, 7) is 6.18. The molecule has 3 nitrogen and oxygen atoms in total. The van der Waals surface area contributed by atoms with Crippen LogP contribution in [0.25, 0.3) is 0 Å². The minimum atomic E-state index is 0.968. The molecule has 2 fully saturated rings. The molecule has 2 heterocycles. The second kappa shape index (κ2) is 7.17. The number of nitrogens with zero attached hydrogens (tertiary/aromatic N) is 2. The molecule has 0 saturated carbocycles. The molecule has 0 aliphatic carbocycles. The third-order valence-electron chi connectivity index (χ3n) is 4.93. The van der Waals surface area contributed by atoms with Crippen molar-refractivity contribution in [3.63, 3.8) is 0 Å². The molecule has 0 amide bonds. The molecule has 2 N–H and O–H groups in total. The van der Waals surface area contributed by atoms with Gasteiger partial charge in [0.2, 0.25) is 0 Å². The lowest BCUT2D eigenvalue weighted by Crippen LogP contribution is -2.30. The van der Waals surface area contributed by atoms with E-state index in [0.29, 0.717) is 0 Å². The molecule has 2 saturated heterocycles. The summed E-state index contributed by atoms with van der Waals surface area (Å²) in [4.78, 5) is 5.04. The van der Waals surface area contributed by atoms with E-state index in [1.165, 1.54) is 82.5 Å². The maximum atomic E-state index is 6.29. The van der Waals surface area contributed by atoms with Crippen LogP contribution < -0.4 is 10.6 Å². The molecular weight excluding hydrogens is 258 g/mol. The standard InChI is InChI=1S/C18H29N3/c19-17-15-16(7-6-12-20-10-4-5-11-20)8-9-18(17)21-13-2-1-3-14-21/h8-9,15H,1-7,10-14,19H2. The third-order valence-corrected chi connectivity index (χ3v) is 4.93. The van der Waals surface area contributed by atoms with E-state index in [0.717, 1.165) is 12.1 Å². The molecule has 2 aliphatic rings. The summed E-state index contributed by atoms with van der Waals surface area (Å²) in [7, 11) is 0. The molecule has 116 valence electrons. The first-order valence-electron chi connectivity index (χ1n) is 8.69. The minimum Gasteiger partial charge on any atom is -0.397 e. The summed E-state index contributed by atoms with van der Waals surface area (Å²) in [6.07, 6.45) is 9.15. The average Bonchev–Trinajstić information content (AvgIpc) is 3.02. The van der Waals surface area contributed by atoms with Crippen LogP contribution in [-0.2, 0) is 6.42 Å². The van der Waals surface area contributed by atoms with Crippen molar-refractivity contribution in [2.75, 3.05) is 43.4 Å². The Hall–Kier alpha value is -1.22. The number of benzene rings is 1. The number of anilines is 2. The molecule has 1 aromatic rings. The van der Waals surface area contributed by atoms with E-state index >= 15 is 0 Å². The van der Waals surface area contributed by atoms with Gasteiger partial charge in [-0.1, -0.05) is 6.07 Å². The highest BCUT2D eigenvalue weighted by atomic mass is 15.1. The molecule has 21 heavy (non-hydrogen) atoms. The number of aryl methyl sites for hydroxylation is 1. The second-order valence-corrected chi connectivity index (χ2v) is 6.59. The summed E-state index contributed by atoms with van der Waals surface area (Å²) in [5.41, 5.74) is 9.91. The summed E-state index contributed by atoms with van der Waals surface area (Å²) in [6, 6.07) is 6.73. The van der Waals surface area contributed by atoms with Gasteiger partial charge >= 0.3 is 0 Å². The van der Waals surface area contributed by atoms with Gasteiger partial charge in [0.05, 0.1) is 11.4 Å². The van der Waals surface area contributed by atoms with Crippen molar-refractivity contribution in [1.82, 2.24) is 4.90 Å². The summed E-state index contributed by atoms with van der Waals surface area (Å²) in [5.74, 6) is 0. The van der Waals surface area contributed by atoms with E-state index in [4.69, 9.17) is 5.73 Å². The van der Waals surface area contributed by atoms with Crippen LogP contribution in [0.15, 0.2) is 18.2 Å². The van der Waals surface area contributed by atoms with Gasteiger partial charge in [-0.3, -0.25) is 0 Å².